The highest BCUT2D eigenvalue weighted by Gasteiger charge is 2.14. The van der Waals surface area contributed by atoms with Crippen molar-refractivity contribution in [2.24, 2.45) is 0 Å². The van der Waals surface area contributed by atoms with E-state index in [0.717, 1.165) is 6.54 Å². The Bertz CT molecular complexity index is 217. The molecule has 0 amide bonds. The Hall–Kier alpha value is 0.250. The van der Waals surface area contributed by atoms with Crippen LogP contribution in [0.1, 0.15) is 0 Å². The Morgan fingerprint density at radius 1 is 1.50 bits per heavy atom. The van der Waals surface area contributed by atoms with Crippen molar-refractivity contribution >= 4 is 40.3 Å². The zero-order chi connectivity index (χ0) is 10.4. The summed E-state index contributed by atoms with van der Waals surface area (Å²) >= 11 is 3.88. The lowest BCUT2D eigenvalue weighted by Crippen LogP contribution is -3.14. The standard InChI is InChI=1S/C9H14INO2S/c1-8(10)9(12)13-5-2-11-3-6-14-7-4-11/h1-7H2/p+1. The molecule has 0 bridgehead atoms. The first-order valence-corrected chi connectivity index (χ1v) is 6.86. The Morgan fingerprint density at radius 3 is 2.71 bits per heavy atom. The lowest BCUT2D eigenvalue weighted by Gasteiger charge is -2.22. The summed E-state index contributed by atoms with van der Waals surface area (Å²) in [6.07, 6.45) is 0. The Morgan fingerprint density at radius 2 is 2.14 bits per heavy atom. The van der Waals surface area contributed by atoms with Crippen molar-refractivity contribution in [1.82, 2.24) is 0 Å². The molecule has 1 heterocycles. The summed E-state index contributed by atoms with van der Waals surface area (Å²) in [4.78, 5) is 12.6. The quantitative estimate of drug-likeness (QED) is 0.452. The molecule has 0 aromatic rings. The van der Waals surface area contributed by atoms with E-state index in [9.17, 15) is 4.79 Å². The first kappa shape index (κ1) is 12.3. The predicted octanol–water partition coefficient (Wildman–Crippen LogP) is 0.110. The van der Waals surface area contributed by atoms with Gasteiger partial charge in [0.05, 0.1) is 16.7 Å². The monoisotopic (exact) mass is 328 g/mol. The summed E-state index contributed by atoms with van der Waals surface area (Å²) in [5, 5.41) is 0. The van der Waals surface area contributed by atoms with Crippen molar-refractivity contribution in [1.29, 1.82) is 0 Å². The third-order valence-electron chi connectivity index (χ3n) is 2.11. The van der Waals surface area contributed by atoms with Crippen molar-refractivity contribution in [3.05, 3.63) is 10.2 Å². The SMILES string of the molecule is C=C(I)C(=O)OCC[NH+]1CCSCC1. The van der Waals surface area contributed by atoms with Gasteiger partial charge in [0.15, 0.2) is 0 Å². The molecular formula is C9H15INO2S+. The van der Waals surface area contributed by atoms with Gasteiger partial charge in [-0.15, -0.1) is 0 Å². The van der Waals surface area contributed by atoms with Crippen molar-refractivity contribution in [2.45, 2.75) is 0 Å². The Kier molecular flexibility index (Phi) is 5.88. The molecule has 1 rings (SSSR count). The van der Waals surface area contributed by atoms with Gasteiger partial charge in [0.1, 0.15) is 13.2 Å². The van der Waals surface area contributed by atoms with Crippen LogP contribution in [0.5, 0.6) is 0 Å². The number of hydrogen-bond donors (Lipinski definition) is 1. The summed E-state index contributed by atoms with van der Waals surface area (Å²) in [5.41, 5.74) is 0. The average molecular weight is 328 g/mol. The maximum atomic E-state index is 11.0. The largest absolute Gasteiger partial charge is 0.456 e. The minimum Gasteiger partial charge on any atom is -0.456 e. The Labute approximate surface area is 102 Å². The van der Waals surface area contributed by atoms with Crippen LogP contribution < -0.4 is 4.90 Å². The van der Waals surface area contributed by atoms with Crippen LogP contribution in [-0.2, 0) is 9.53 Å². The predicted molar refractivity (Wildman–Crippen MR) is 67.0 cm³/mol. The van der Waals surface area contributed by atoms with E-state index in [1.165, 1.54) is 29.5 Å². The number of ether oxygens (including phenoxy) is 1. The van der Waals surface area contributed by atoms with Crippen molar-refractivity contribution in [3.8, 4) is 0 Å². The van der Waals surface area contributed by atoms with Crippen LogP contribution in [0.2, 0.25) is 0 Å². The molecule has 1 N–H and O–H groups in total. The molecule has 1 aliphatic heterocycles. The minimum atomic E-state index is -0.281. The van der Waals surface area contributed by atoms with Crippen LogP contribution in [0.3, 0.4) is 0 Å². The van der Waals surface area contributed by atoms with Crippen molar-refractivity contribution in [2.75, 3.05) is 37.7 Å². The lowest BCUT2D eigenvalue weighted by atomic mass is 10.5. The second-order valence-corrected chi connectivity index (χ2v) is 5.68. The van der Waals surface area contributed by atoms with Crippen LogP contribution in [0.4, 0.5) is 0 Å². The highest BCUT2D eigenvalue weighted by molar-refractivity contribution is 14.1. The maximum absolute atomic E-state index is 11.0. The number of hydrogen-bond acceptors (Lipinski definition) is 3. The van der Waals surface area contributed by atoms with E-state index in [1.54, 1.807) is 0 Å². The van der Waals surface area contributed by atoms with Gasteiger partial charge >= 0.3 is 5.97 Å². The highest BCUT2D eigenvalue weighted by Crippen LogP contribution is 2.03. The third kappa shape index (κ3) is 4.65. The minimum absolute atomic E-state index is 0.281. The third-order valence-corrected chi connectivity index (χ3v) is 3.54. The summed E-state index contributed by atoms with van der Waals surface area (Å²) in [6, 6.07) is 0. The number of carbonyl (C=O) groups excluding carboxylic acids is 1. The zero-order valence-electron chi connectivity index (χ0n) is 8.05. The number of esters is 1. The summed E-state index contributed by atoms with van der Waals surface area (Å²) in [5.74, 6) is 2.17. The molecule has 1 saturated heterocycles. The van der Waals surface area contributed by atoms with Gasteiger partial charge in [0.25, 0.3) is 0 Å². The molecule has 0 aromatic carbocycles. The molecule has 5 heteroatoms. The van der Waals surface area contributed by atoms with E-state index in [2.05, 4.69) is 6.58 Å². The van der Waals surface area contributed by atoms with Gasteiger partial charge in [-0.2, -0.15) is 11.8 Å². The number of thioether (sulfide) groups is 1. The normalized spacial score (nSPS) is 17.8. The van der Waals surface area contributed by atoms with E-state index < -0.39 is 0 Å². The first-order valence-electron chi connectivity index (χ1n) is 4.63. The van der Waals surface area contributed by atoms with Crippen molar-refractivity contribution in [3.63, 3.8) is 0 Å². The fourth-order valence-electron chi connectivity index (χ4n) is 1.28. The molecule has 1 fully saturated rings. The van der Waals surface area contributed by atoms with Gasteiger partial charge in [-0.25, -0.2) is 4.79 Å². The van der Waals surface area contributed by atoms with Crippen LogP contribution in [0, 0.1) is 0 Å². The summed E-state index contributed by atoms with van der Waals surface area (Å²) in [6.45, 7) is 7.34. The molecule has 0 aromatic heterocycles. The average Bonchev–Trinajstić information content (AvgIpc) is 2.19. The zero-order valence-corrected chi connectivity index (χ0v) is 11.0. The molecule has 1 aliphatic rings. The highest BCUT2D eigenvalue weighted by atomic mass is 127. The van der Waals surface area contributed by atoms with E-state index >= 15 is 0 Å². The lowest BCUT2D eigenvalue weighted by molar-refractivity contribution is -0.896. The van der Waals surface area contributed by atoms with Gasteiger partial charge in [0, 0.05) is 11.5 Å². The summed E-state index contributed by atoms with van der Waals surface area (Å²) in [7, 11) is 0. The number of carbonyl (C=O) groups is 1. The molecule has 0 atom stereocenters. The molecule has 80 valence electrons. The molecular weight excluding hydrogens is 313 g/mol. The maximum Gasteiger partial charge on any atom is 0.343 e. The van der Waals surface area contributed by atoms with Gasteiger partial charge in [-0.05, 0) is 22.6 Å². The van der Waals surface area contributed by atoms with Gasteiger partial charge < -0.3 is 9.64 Å². The number of halogens is 1. The smallest absolute Gasteiger partial charge is 0.343 e. The van der Waals surface area contributed by atoms with Crippen LogP contribution in [0.25, 0.3) is 0 Å². The summed E-state index contributed by atoms with van der Waals surface area (Å²) < 4.78 is 5.48. The molecule has 0 spiro atoms. The van der Waals surface area contributed by atoms with Crippen LogP contribution in [0.15, 0.2) is 10.2 Å². The van der Waals surface area contributed by atoms with E-state index in [4.69, 9.17) is 4.74 Å². The topological polar surface area (TPSA) is 30.7 Å². The molecule has 0 radical (unpaired) electrons. The second-order valence-electron chi connectivity index (χ2n) is 3.15. The first-order chi connectivity index (χ1) is 6.70. The number of nitrogens with one attached hydrogen (secondary N) is 1. The molecule has 0 saturated carbocycles. The second kappa shape index (κ2) is 6.68. The molecule has 14 heavy (non-hydrogen) atoms. The van der Waals surface area contributed by atoms with Crippen molar-refractivity contribution < 1.29 is 14.4 Å². The van der Waals surface area contributed by atoms with E-state index in [-0.39, 0.29) is 5.97 Å². The van der Waals surface area contributed by atoms with Gasteiger partial charge in [-0.3, -0.25) is 0 Å². The van der Waals surface area contributed by atoms with Gasteiger partial charge in [-0.1, -0.05) is 6.58 Å². The van der Waals surface area contributed by atoms with Crippen LogP contribution >= 0.6 is 34.4 Å². The molecule has 0 aliphatic carbocycles. The fourth-order valence-corrected chi connectivity index (χ4v) is 2.50. The number of rotatable bonds is 4. The molecule has 3 nitrogen and oxygen atoms in total. The van der Waals surface area contributed by atoms with Crippen LogP contribution in [-0.4, -0.2) is 43.7 Å². The van der Waals surface area contributed by atoms with E-state index in [1.807, 2.05) is 34.4 Å². The van der Waals surface area contributed by atoms with E-state index in [0.29, 0.717) is 10.2 Å². The number of quaternary nitrogens is 1. The van der Waals surface area contributed by atoms with Gasteiger partial charge in [0.2, 0.25) is 0 Å². The fraction of sp³-hybridized carbons (Fsp3) is 0.667. The molecule has 0 unspecified atom stereocenters. The Balaban J connectivity index is 2.08.